The van der Waals surface area contributed by atoms with Crippen molar-refractivity contribution in [3.8, 4) is 0 Å². The van der Waals surface area contributed by atoms with E-state index in [-0.39, 0.29) is 5.97 Å². The summed E-state index contributed by atoms with van der Waals surface area (Å²) in [6.07, 6.45) is 3.00. The molecular formula is C7H13NO2. The molecular weight excluding hydrogens is 130 g/mol. The fraction of sp³-hybridized carbons (Fsp3) is 0.571. The molecule has 3 nitrogen and oxygen atoms in total. The molecule has 0 saturated carbocycles. The van der Waals surface area contributed by atoms with Crippen LogP contribution in [-0.4, -0.2) is 13.1 Å². The summed E-state index contributed by atoms with van der Waals surface area (Å²) in [5.41, 5.74) is 6.00. The Balaban J connectivity index is 3.77. The van der Waals surface area contributed by atoms with Crippen molar-refractivity contribution in [2.24, 2.45) is 5.73 Å². The Morgan fingerprint density at radius 3 is 2.70 bits per heavy atom. The van der Waals surface area contributed by atoms with Gasteiger partial charge in [-0.15, -0.1) is 0 Å². The molecule has 0 aliphatic rings. The second-order valence-corrected chi connectivity index (χ2v) is 1.99. The van der Waals surface area contributed by atoms with Crippen molar-refractivity contribution < 1.29 is 9.53 Å². The van der Waals surface area contributed by atoms with E-state index in [2.05, 4.69) is 4.74 Å². The Labute approximate surface area is 60.9 Å². The maximum absolute atomic E-state index is 10.5. The number of methoxy groups -OCH3 is 1. The third kappa shape index (κ3) is 3.95. The van der Waals surface area contributed by atoms with Crippen molar-refractivity contribution in [2.45, 2.75) is 19.8 Å². The monoisotopic (exact) mass is 143 g/mol. The quantitative estimate of drug-likeness (QED) is 0.469. The van der Waals surface area contributed by atoms with Gasteiger partial charge in [-0.3, -0.25) is 0 Å². The van der Waals surface area contributed by atoms with E-state index in [1.54, 1.807) is 0 Å². The number of allylic oxidation sites excluding steroid dienone is 1. The van der Waals surface area contributed by atoms with Crippen LogP contribution < -0.4 is 5.73 Å². The predicted octanol–water partition coefficient (Wildman–Crippen LogP) is 0.802. The molecule has 0 aliphatic heterocycles. The Morgan fingerprint density at radius 1 is 1.70 bits per heavy atom. The minimum Gasteiger partial charge on any atom is -0.466 e. The number of carbonyl (C=O) groups is 1. The largest absolute Gasteiger partial charge is 0.466 e. The number of ether oxygens (including phenoxy) is 1. The van der Waals surface area contributed by atoms with E-state index in [9.17, 15) is 4.79 Å². The number of rotatable bonds is 3. The van der Waals surface area contributed by atoms with Gasteiger partial charge >= 0.3 is 5.97 Å². The molecule has 0 saturated heterocycles. The van der Waals surface area contributed by atoms with Gasteiger partial charge in [-0.1, -0.05) is 13.3 Å². The van der Waals surface area contributed by atoms with Crippen LogP contribution >= 0.6 is 0 Å². The van der Waals surface area contributed by atoms with Crippen LogP contribution in [0.2, 0.25) is 0 Å². The molecule has 0 aromatic heterocycles. The highest BCUT2D eigenvalue weighted by atomic mass is 16.5. The zero-order valence-electron chi connectivity index (χ0n) is 6.39. The molecule has 0 aromatic rings. The molecule has 58 valence electrons. The normalized spacial score (nSPS) is 11.2. The highest BCUT2D eigenvalue weighted by Gasteiger charge is 1.94. The maximum Gasteiger partial charge on any atom is 0.332 e. The van der Waals surface area contributed by atoms with E-state index in [1.165, 1.54) is 13.2 Å². The van der Waals surface area contributed by atoms with Crippen LogP contribution in [0.1, 0.15) is 19.8 Å². The van der Waals surface area contributed by atoms with E-state index < -0.39 is 0 Å². The summed E-state index contributed by atoms with van der Waals surface area (Å²) in [5.74, 6) is -0.383. The lowest BCUT2D eigenvalue weighted by Crippen LogP contribution is -2.03. The van der Waals surface area contributed by atoms with Gasteiger partial charge in [-0.2, -0.15) is 0 Å². The summed E-state index contributed by atoms with van der Waals surface area (Å²) < 4.78 is 4.37. The number of hydrogen-bond acceptors (Lipinski definition) is 3. The van der Waals surface area contributed by atoms with Crippen molar-refractivity contribution in [2.75, 3.05) is 7.11 Å². The lowest BCUT2D eigenvalue weighted by Gasteiger charge is -1.95. The third-order valence-electron chi connectivity index (χ3n) is 1.04. The standard InChI is InChI=1S/C7H13NO2/c1-3-4-6(8)5-7(9)10-2/h5H,3-4,8H2,1-2H3. The zero-order chi connectivity index (χ0) is 7.98. The fourth-order valence-corrected chi connectivity index (χ4v) is 0.571. The SMILES string of the molecule is CCCC(N)=CC(=O)OC. The molecule has 0 heterocycles. The van der Waals surface area contributed by atoms with Crippen molar-refractivity contribution in [1.82, 2.24) is 0 Å². The number of esters is 1. The maximum atomic E-state index is 10.5. The minimum absolute atomic E-state index is 0.383. The summed E-state index contributed by atoms with van der Waals surface area (Å²) in [5, 5.41) is 0. The third-order valence-corrected chi connectivity index (χ3v) is 1.04. The summed E-state index contributed by atoms with van der Waals surface area (Å²) in [7, 11) is 1.33. The molecule has 0 atom stereocenters. The van der Waals surface area contributed by atoms with Gasteiger partial charge in [-0.25, -0.2) is 4.79 Å². The molecule has 0 unspecified atom stereocenters. The first-order valence-corrected chi connectivity index (χ1v) is 3.24. The molecule has 0 aliphatic carbocycles. The van der Waals surface area contributed by atoms with E-state index in [4.69, 9.17) is 5.73 Å². The fourth-order valence-electron chi connectivity index (χ4n) is 0.571. The van der Waals surface area contributed by atoms with Crippen LogP contribution in [0.4, 0.5) is 0 Å². The second-order valence-electron chi connectivity index (χ2n) is 1.99. The van der Waals surface area contributed by atoms with Crippen LogP contribution in [0.3, 0.4) is 0 Å². The highest BCUT2D eigenvalue weighted by Crippen LogP contribution is 1.96. The average molecular weight is 143 g/mol. The predicted molar refractivity (Wildman–Crippen MR) is 39.2 cm³/mol. The summed E-state index contributed by atoms with van der Waals surface area (Å²) in [6, 6.07) is 0. The van der Waals surface area contributed by atoms with Gasteiger partial charge in [0.05, 0.1) is 7.11 Å². The molecule has 0 amide bonds. The van der Waals surface area contributed by atoms with Crippen molar-refractivity contribution in [3.05, 3.63) is 11.8 Å². The van der Waals surface area contributed by atoms with Crippen LogP contribution in [0.25, 0.3) is 0 Å². The van der Waals surface area contributed by atoms with Gasteiger partial charge in [0.1, 0.15) is 0 Å². The van der Waals surface area contributed by atoms with Gasteiger partial charge < -0.3 is 10.5 Å². The van der Waals surface area contributed by atoms with Crippen LogP contribution in [-0.2, 0) is 9.53 Å². The Kier molecular flexibility index (Phi) is 4.37. The first-order chi connectivity index (χ1) is 4.70. The molecule has 0 aromatic carbocycles. The molecule has 10 heavy (non-hydrogen) atoms. The van der Waals surface area contributed by atoms with Crippen molar-refractivity contribution in [1.29, 1.82) is 0 Å². The first kappa shape index (κ1) is 9.01. The Morgan fingerprint density at radius 2 is 2.30 bits per heavy atom. The zero-order valence-corrected chi connectivity index (χ0v) is 6.39. The number of hydrogen-bond donors (Lipinski definition) is 1. The van der Waals surface area contributed by atoms with Gasteiger partial charge in [0, 0.05) is 11.8 Å². The molecule has 0 spiro atoms. The molecule has 0 bridgehead atoms. The van der Waals surface area contributed by atoms with Gasteiger partial charge in [0.2, 0.25) is 0 Å². The topological polar surface area (TPSA) is 52.3 Å². The Hall–Kier alpha value is -0.990. The van der Waals surface area contributed by atoms with Crippen LogP contribution in [0, 0.1) is 0 Å². The number of carbonyl (C=O) groups excluding carboxylic acids is 1. The average Bonchev–Trinajstić information content (AvgIpc) is 1.88. The Bertz CT molecular complexity index is 141. The first-order valence-electron chi connectivity index (χ1n) is 3.24. The van der Waals surface area contributed by atoms with Crippen molar-refractivity contribution in [3.63, 3.8) is 0 Å². The molecule has 2 N–H and O–H groups in total. The summed E-state index contributed by atoms with van der Waals surface area (Å²) in [4.78, 5) is 10.5. The van der Waals surface area contributed by atoms with Crippen molar-refractivity contribution >= 4 is 5.97 Å². The van der Waals surface area contributed by atoms with Gasteiger partial charge in [0.25, 0.3) is 0 Å². The highest BCUT2D eigenvalue weighted by molar-refractivity contribution is 5.82. The summed E-state index contributed by atoms with van der Waals surface area (Å²) in [6.45, 7) is 2.00. The number of nitrogens with two attached hydrogens (primary N) is 1. The molecule has 3 heteroatoms. The molecule has 0 fully saturated rings. The molecule has 0 radical (unpaired) electrons. The van der Waals surface area contributed by atoms with Crippen LogP contribution in [0.15, 0.2) is 11.8 Å². The van der Waals surface area contributed by atoms with E-state index >= 15 is 0 Å². The van der Waals surface area contributed by atoms with Crippen LogP contribution in [0.5, 0.6) is 0 Å². The molecule has 0 rings (SSSR count). The van der Waals surface area contributed by atoms with E-state index in [1.807, 2.05) is 6.92 Å². The lowest BCUT2D eigenvalue weighted by molar-refractivity contribution is -0.134. The minimum atomic E-state index is -0.383. The van der Waals surface area contributed by atoms with Gasteiger partial charge in [0.15, 0.2) is 0 Å². The van der Waals surface area contributed by atoms with Gasteiger partial charge in [-0.05, 0) is 6.42 Å². The summed E-state index contributed by atoms with van der Waals surface area (Å²) >= 11 is 0. The lowest BCUT2D eigenvalue weighted by atomic mass is 10.2. The second kappa shape index (κ2) is 4.85. The smallest absolute Gasteiger partial charge is 0.332 e. The van der Waals surface area contributed by atoms with E-state index in [0.717, 1.165) is 12.8 Å². The van der Waals surface area contributed by atoms with E-state index in [0.29, 0.717) is 5.70 Å².